The van der Waals surface area contributed by atoms with Crippen LogP contribution in [0.3, 0.4) is 0 Å². The fraction of sp³-hybridized carbons (Fsp3) is 1.00. The second-order valence-electron chi connectivity index (χ2n) is 5.12. The number of aliphatic hydroxyl groups is 1. The molecule has 2 unspecified atom stereocenters. The van der Waals surface area contributed by atoms with Gasteiger partial charge in [0.05, 0.1) is 6.10 Å². The van der Waals surface area contributed by atoms with Gasteiger partial charge >= 0.3 is 0 Å². The first-order valence-corrected chi connectivity index (χ1v) is 6.24. The Morgan fingerprint density at radius 3 is 2.14 bits per heavy atom. The zero-order valence-electron chi connectivity index (χ0n) is 10.4. The SMILES string of the molecule is CCCCCC(O)CC(C)CC(C)C. The summed E-state index contributed by atoms with van der Waals surface area (Å²) in [7, 11) is 0. The van der Waals surface area contributed by atoms with Crippen LogP contribution in [0, 0.1) is 11.8 Å². The van der Waals surface area contributed by atoms with E-state index in [1.165, 1.54) is 25.7 Å². The van der Waals surface area contributed by atoms with Crippen molar-refractivity contribution < 1.29 is 5.11 Å². The van der Waals surface area contributed by atoms with Crippen LogP contribution in [0.4, 0.5) is 0 Å². The third-order valence-corrected chi connectivity index (χ3v) is 2.69. The highest BCUT2D eigenvalue weighted by Gasteiger charge is 2.11. The van der Waals surface area contributed by atoms with Crippen LogP contribution in [0.1, 0.15) is 66.2 Å². The summed E-state index contributed by atoms with van der Waals surface area (Å²) in [5, 5.41) is 9.76. The molecule has 2 atom stereocenters. The highest BCUT2D eigenvalue weighted by atomic mass is 16.3. The van der Waals surface area contributed by atoms with Gasteiger partial charge in [-0.25, -0.2) is 0 Å². The van der Waals surface area contributed by atoms with Crippen molar-refractivity contribution in [2.24, 2.45) is 11.8 Å². The quantitative estimate of drug-likeness (QED) is 0.587. The third-order valence-electron chi connectivity index (χ3n) is 2.69. The van der Waals surface area contributed by atoms with Crippen LogP contribution in [0.2, 0.25) is 0 Å². The zero-order chi connectivity index (χ0) is 11.0. The Balaban J connectivity index is 3.44. The molecular weight excluding hydrogens is 172 g/mol. The lowest BCUT2D eigenvalue weighted by atomic mass is 9.92. The van der Waals surface area contributed by atoms with Gasteiger partial charge in [-0.05, 0) is 31.1 Å². The molecule has 0 heterocycles. The summed E-state index contributed by atoms with van der Waals surface area (Å²) in [6.45, 7) is 8.96. The minimum atomic E-state index is -0.0599. The van der Waals surface area contributed by atoms with Crippen molar-refractivity contribution in [3.63, 3.8) is 0 Å². The van der Waals surface area contributed by atoms with E-state index in [-0.39, 0.29) is 6.10 Å². The van der Waals surface area contributed by atoms with Crippen LogP contribution < -0.4 is 0 Å². The van der Waals surface area contributed by atoms with Crippen molar-refractivity contribution in [2.75, 3.05) is 0 Å². The number of hydrogen-bond donors (Lipinski definition) is 1. The predicted molar refractivity (Wildman–Crippen MR) is 63.4 cm³/mol. The molecule has 86 valence electrons. The largest absolute Gasteiger partial charge is 0.393 e. The minimum absolute atomic E-state index is 0.0599. The summed E-state index contributed by atoms with van der Waals surface area (Å²) in [4.78, 5) is 0. The van der Waals surface area contributed by atoms with Gasteiger partial charge in [-0.3, -0.25) is 0 Å². The van der Waals surface area contributed by atoms with Crippen LogP contribution in [-0.4, -0.2) is 11.2 Å². The lowest BCUT2D eigenvalue weighted by Gasteiger charge is -2.17. The molecule has 0 aliphatic heterocycles. The van der Waals surface area contributed by atoms with Gasteiger partial charge in [-0.2, -0.15) is 0 Å². The maximum Gasteiger partial charge on any atom is 0.0542 e. The number of hydrogen-bond acceptors (Lipinski definition) is 1. The minimum Gasteiger partial charge on any atom is -0.393 e. The van der Waals surface area contributed by atoms with E-state index in [1.807, 2.05) is 0 Å². The fourth-order valence-electron chi connectivity index (χ4n) is 2.11. The lowest BCUT2D eigenvalue weighted by Crippen LogP contribution is -2.13. The highest BCUT2D eigenvalue weighted by Crippen LogP contribution is 2.18. The monoisotopic (exact) mass is 200 g/mol. The summed E-state index contributed by atoms with van der Waals surface area (Å²) in [6.07, 6.45) is 6.86. The lowest BCUT2D eigenvalue weighted by molar-refractivity contribution is 0.128. The predicted octanol–water partition coefficient (Wildman–Crippen LogP) is 4.00. The standard InChI is InChI=1S/C13H28O/c1-5-6-7-8-13(14)10-12(4)9-11(2)3/h11-14H,5-10H2,1-4H3. The average molecular weight is 200 g/mol. The van der Waals surface area contributed by atoms with Crippen LogP contribution in [0.25, 0.3) is 0 Å². The van der Waals surface area contributed by atoms with Gasteiger partial charge in [-0.15, -0.1) is 0 Å². The van der Waals surface area contributed by atoms with E-state index < -0.39 is 0 Å². The molecule has 0 aromatic carbocycles. The van der Waals surface area contributed by atoms with E-state index in [2.05, 4.69) is 27.7 Å². The molecule has 0 bridgehead atoms. The van der Waals surface area contributed by atoms with Gasteiger partial charge in [0.15, 0.2) is 0 Å². The number of aliphatic hydroxyl groups excluding tert-OH is 1. The van der Waals surface area contributed by atoms with Gasteiger partial charge < -0.3 is 5.11 Å². The molecule has 0 aromatic rings. The molecule has 1 N–H and O–H groups in total. The molecule has 0 rings (SSSR count). The van der Waals surface area contributed by atoms with E-state index in [4.69, 9.17) is 0 Å². The van der Waals surface area contributed by atoms with E-state index in [9.17, 15) is 5.11 Å². The van der Waals surface area contributed by atoms with Crippen LogP contribution >= 0.6 is 0 Å². The maximum atomic E-state index is 9.76. The molecular formula is C13H28O. The van der Waals surface area contributed by atoms with Crippen LogP contribution in [0.15, 0.2) is 0 Å². The smallest absolute Gasteiger partial charge is 0.0542 e. The first-order chi connectivity index (χ1) is 6.56. The molecule has 0 aliphatic rings. The van der Waals surface area contributed by atoms with Crippen molar-refractivity contribution in [1.29, 1.82) is 0 Å². The van der Waals surface area contributed by atoms with E-state index in [1.54, 1.807) is 0 Å². The van der Waals surface area contributed by atoms with Crippen molar-refractivity contribution in [1.82, 2.24) is 0 Å². The van der Waals surface area contributed by atoms with Crippen LogP contribution in [0.5, 0.6) is 0 Å². The molecule has 14 heavy (non-hydrogen) atoms. The van der Waals surface area contributed by atoms with Gasteiger partial charge in [0.2, 0.25) is 0 Å². The first kappa shape index (κ1) is 14.0. The summed E-state index contributed by atoms with van der Waals surface area (Å²) in [5.41, 5.74) is 0. The van der Waals surface area contributed by atoms with Crippen molar-refractivity contribution in [3.05, 3.63) is 0 Å². The van der Waals surface area contributed by atoms with Crippen LogP contribution in [-0.2, 0) is 0 Å². The second-order valence-corrected chi connectivity index (χ2v) is 5.12. The van der Waals surface area contributed by atoms with E-state index in [0.29, 0.717) is 5.92 Å². The summed E-state index contributed by atoms with van der Waals surface area (Å²) in [6, 6.07) is 0. The number of unbranched alkanes of at least 4 members (excludes halogenated alkanes) is 2. The van der Waals surface area contributed by atoms with Gasteiger partial charge in [0.25, 0.3) is 0 Å². The second kappa shape index (κ2) is 8.28. The third kappa shape index (κ3) is 8.55. The summed E-state index contributed by atoms with van der Waals surface area (Å²) in [5.74, 6) is 1.43. The summed E-state index contributed by atoms with van der Waals surface area (Å²) < 4.78 is 0. The van der Waals surface area contributed by atoms with Crippen molar-refractivity contribution in [3.8, 4) is 0 Å². The zero-order valence-corrected chi connectivity index (χ0v) is 10.4. The molecule has 0 fully saturated rings. The molecule has 0 radical (unpaired) electrons. The van der Waals surface area contributed by atoms with E-state index >= 15 is 0 Å². The van der Waals surface area contributed by atoms with Crippen molar-refractivity contribution >= 4 is 0 Å². The molecule has 0 spiro atoms. The van der Waals surface area contributed by atoms with Gasteiger partial charge in [0.1, 0.15) is 0 Å². The van der Waals surface area contributed by atoms with Gasteiger partial charge in [-0.1, -0.05) is 47.0 Å². The first-order valence-electron chi connectivity index (χ1n) is 6.24. The Morgan fingerprint density at radius 2 is 1.64 bits per heavy atom. The Kier molecular flexibility index (Phi) is 8.26. The summed E-state index contributed by atoms with van der Waals surface area (Å²) >= 11 is 0. The van der Waals surface area contributed by atoms with E-state index in [0.717, 1.165) is 18.8 Å². The maximum absolute atomic E-state index is 9.76. The molecule has 0 saturated carbocycles. The molecule has 1 nitrogen and oxygen atoms in total. The normalized spacial score (nSPS) is 15.9. The Bertz CT molecular complexity index is 120. The topological polar surface area (TPSA) is 20.2 Å². The molecule has 0 aliphatic carbocycles. The molecule has 0 saturated heterocycles. The Hall–Kier alpha value is -0.0400. The molecule has 1 heteroatoms. The highest BCUT2D eigenvalue weighted by molar-refractivity contribution is 4.63. The average Bonchev–Trinajstić information content (AvgIpc) is 2.02. The Labute approximate surface area is 89.9 Å². The number of rotatable bonds is 8. The Morgan fingerprint density at radius 1 is 1.00 bits per heavy atom. The molecule has 0 amide bonds. The molecule has 0 aromatic heterocycles. The van der Waals surface area contributed by atoms with Gasteiger partial charge in [0, 0.05) is 0 Å². The fourth-order valence-corrected chi connectivity index (χ4v) is 2.11. The van der Waals surface area contributed by atoms with Crippen molar-refractivity contribution in [2.45, 2.75) is 72.3 Å².